The lowest BCUT2D eigenvalue weighted by Crippen LogP contribution is -2.27. The van der Waals surface area contributed by atoms with Crippen LogP contribution in [0.25, 0.3) is 10.8 Å². The third kappa shape index (κ3) is 6.03. The number of halogens is 1. The van der Waals surface area contributed by atoms with Crippen LogP contribution in [0.1, 0.15) is 44.2 Å². The second-order valence-electron chi connectivity index (χ2n) is 7.37. The van der Waals surface area contributed by atoms with Crippen LogP contribution in [0, 0.1) is 0 Å². The lowest BCUT2D eigenvalue weighted by molar-refractivity contribution is 0.0443. The molecule has 1 heterocycles. The molecule has 144 valence electrons. The standard InChI is InChI=1S/C23H28N2O.ClH/c1-18(7-6-13-23(2,26)22-8-4-3-5-9-22)25-16-19-10-11-21-17-24-14-12-20(21)15-19;/h3-5,8-12,14-15,17-18,25-26H,6-7,13,16H2,1-2H3;1H/t18-,23-;/m1./s1. The summed E-state index contributed by atoms with van der Waals surface area (Å²) in [7, 11) is 0. The highest BCUT2D eigenvalue weighted by atomic mass is 35.5. The fourth-order valence-corrected chi connectivity index (χ4v) is 3.33. The maximum atomic E-state index is 10.7. The first-order valence-electron chi connectivity index (χ1n) is 9.38. The molecule has 1 aromatic heterocycles. The zero-order valence-electron chi connectivity index (χ0n) is 16.1. The molecule has 0 aliphatic heterocycles. The summed E-state index contributed by atoms with van der Waals surface area (Å²) in [5.74, 6) is 0. The Morgan fingerprint density at radius 3 is 2.63 bits per heavy atom. The highest BCUT2D eigenvalue weighted by molar-refractivity contribution is 5.85. The van der Waals surface area contributed by atoms with Gasteiger partial charge in [0.1, 0.15) is 0 Å². The smallest absolute Gasteiger partial charge is 0.0868 e. The first kappa shape index (κ1) is 21.4. The fourth-order valence-electron chi connectivity index (χ4n) is 3.33. The van der Waals surface area contributed by atoms with Gasteiger partial charge in [0, 0.05) is 30.4 Å². The van der Waals surface area contributed by atoms with Crippen LogP contribution in [0.4, 0.5) is 0 Å². The number of aliphatic hydroxyl groups is 1. The number of benzene rings is 2. The van der Waals surface area contributed by atoms with Crippen LogP contribution in [0.2, 0.25) is 0 Å². The summed E-state index contributed by atoms with van der Waals surface area (Å²) in [5.41, 5.74) is 1.52. The third-order valence-electron chi connectivity index (χ3n) is 5.06. The van der Waals surface area contributed by atoms with E-state index in [-0.39, 0.29) is 12.4 Å². The predicted molar refractivity (Wildman–Crippen MR) is 115 cm³/mol. The molecule has 0 aliphatic carbocycles. The molecule has 3 aromatic rings. The summed E-state index contributed by atoms with van der Waals surface area (Å²) in [6.07, 6.45) is 6.53. The minimum Gasteiger partial charge on any atom is -0.385 e. The quantitative estimate of drug-likeness (QED) is 0.560. The van der Waals surface area contributed by atoms with Crippen molar-refractivity contribution in [3.63, 3.8) is 0 Å². The Bertz CT molecular complexity index is 836. The van der Waals surface area contributed by atoms with Crippen molar-refractivity contribution in [1.29, 1.82) is 0 Å². The molecule has 0 spiro atoms. The number of aromatic nitrogens is 1. The lowest BCUT2D eigenvalue weighted by atomic mass is 9.90. The molecule has 0 bridgehead atoms. The van der Waals surface area contributed by atoms with Crippen molar-refractivity contribution in [1.82, 2.24) is 10.3 Å². The van der Waals surface area contributed by atoms with Gasteiger partial charge in [-0.15, -0.1) is 12.4 Å². The number of rotatable bonds is 8. The van der Waals surface area contributed by atoms with E-state index in [9.17, 15) is 5.11 Å². The van der Waals surface area contributed by atoms with Crippen molar-refractivity contribution in [3.05, 3.63) is 78.1 Å². The molecule has 0 saturated heterocycles. The van der Waals surface area contributed by atoms with E-state index in [1.807, 2.05) is 55.7 Å². The van der Waals surface area contributed by atoms with Crippen LogP contribution < -0.4 is 5.32 Å². The summed E-state index contributed by atoms with van der Waals surface area (Å²) in [4.78, 5) is 4.16. The molecule has 0 unspecified atom stereocenters. The van der Waals surface area contributed by atoms with Gasteiger partial charge in [0.05, 0.1) is 5.60 Å². The number of fused-ring (bicyclic) bond motifs is 1. The van der Waals surface area contributed by atoms with Crippen LogP contribution in [0.5, 0.6) is 0 Å². The van der Waals surface area contributed by atoms with Crippen molar-refractivity contribution >= 4 is 23.2 Å². The third-order valence-corrected chi connectivity index (χ3v) is 5.06. The molecule has 0 amide bonds. The summed E-state index contributed by atoms with van der Waals surface area (Å²) >= 11 is 0. The highest BCUT2D eigenvalue weighted by Crippen LogP contribution is 2.26. The molecule has 0 fully saturated rings. The van der Waals surface area contributed by atoms with Crippen LogP contribution >= 0.6 is 12.4 Å². The molecule has 3 rings (SSSR count). The van der Waals surface area contributed by atoms with Crippen molar-refractivity contribution in [2.45, 2.75) is 51.3 Å². The van der Waals surface area contributed by atoms with Crippen molar-refractivity contribution in [2.24, 2.45) is 0 Å². The molecular formula is C23H29ClN2O. The van der Waals surface area contributed by atoms with Gasteiger partial charge in [-0.25, -0.2) is 0 Å². The number of pyridine rings is 1. The second-order valence-corrected chi connectivity index (χ2v) is 7.37. The number of nitrogens with one attached hydrogen (secondary N) is 1. The largest absolute Gasteiger partial charge is 0.385 e. The molecule has 0 saturated carbocycles. The van der Waals surface area contributed by atoms with E-state index >= 15 is 0 Å². The average Bonchev–Trinajstić information content (AvgIpc) is 2.67. The maximum absolute atomic E-state index is 10.7. The molecular weight excluding hydrogens is 356 g/mol. The second kappa shape index (κ2) is 9.84. The van der Waals surface area contributed by atoms with Crippen molar-refractivity contribution < 1.29 is 5.11 Å². The van der Waals surface area contributed by atoms with E-state index in [0.717, 1.165) is 31.4 Å². The van der Waals surface area contributed by atoms with Gasteiger partial charge in [-0.3, -0.25) is 4.98 Å². The van der Waals surface area contributed by atoms with Crippen LogP contribution in [-0.4, -0.2) is 16.1 Å². The Balaban J connectivity index is 0.00000261. The van der Waals surface area contributed by atoms with Gasteiger partial charge in [-0.2, -0.15) is 0 Å². The Morgan fingerprint density at radius 1 is 1.07 bits per heavy atom. The predicted octanol–water partition coefficient (Wildman–Crippen LogP) is 5.21. The Morgan fingerprint density at radius 2 is 1.85 bits per heavy atom. The molecule has 0 radical (unpaired) electrons. The van der Waals surface area contributed by atoms with E-state index in [2.05, 4.69) is 35.4 Å². The van der Waals surface area contributed by atoms with Gasteiger partial charge < -0.3 is 10.4 Å². The van der Waals surface area contributed by atoms with E-state index in [1.165, 1.54) is 16.3 Å². The number of nitrogens with zero attached hydrogens (tertiary/aromatic N) is 1. The first-order chi connectivity index (χ1) is 12.5. The van der Waals surface area contributed by atoms with Crippen LogP contribution in [0.3, 0.4) is 0 Å². The molecule has 27 heavy (non-hydrogen) atoms. The number of hydrogen-bond acceptors (Lipinski definition) is 3. The number of hydrogen-bond donors (Lipinski definition) is 2. The molecule has 2 aromatic carbocycles. The molecule has 4 heteroatoms. The summed E-state index contributed by atoms with van der Waals surface area (Å²) < 4.78 is 0. The molecule has 2 atom stereocenters. The Hall–Kier alpha value is -1.94. The zero-order chi connectivity index (χ0) is 18.4. The lowest BCUT2D eigenvalue weighted by Gasteiger charge is -2.24. The zero-order valence-corrected chi connectivity index (χ0v) is 16.9. The summed E-state index contributed by atoms with van der Waals surface area (Å²) in [6.45, 7) is 4.97. The van der Waals surface area contributed by atoms with Gasteiger partial charge in [-0.1, -0.05) is 42.5 Å². The van der Waals surface area contributed by atoms with Crippen molar-refractivity contribution in [3.8, 4) is 0 Å². The van der Waals surface area contributed by atoms with Gasteiger partial charge in [0.15, 0.2) is 0 Å². The van der Waals surface area contributed by atoms with Crippen LogP contribution in [0.15, 0.2) is 67.0 Å². The Labute approximate surface area is 168 Å². The van der Waals surface area contributed by atoms with Gasteiger partial charge in [-0.05, 0) is 61.8 Å². The van der Waals surface area contributed by atoms with Gasteiger partial charge >= 0.3 is 0 Å². The minimum atomic E-state index is -0.757. The monoisotopic (exact) mass is 384 g/mol. The van der Waals surface area contributed by atoms with Gasteiger partial charge in [0.2, 0.25) is 0 Å². The Kier molecular flexibility index (Phi) is 7.78. The summed E-state index contributed by atoms with van der Waals surface area (Å²) in [5, 5.41) is 16.7. The highest BCUT2D eigenvalue weighted by Gasteiger charge is 2.22. The van der Waals surface area contributed by atoms with E-state index in [4.69, 9.17) is 0 Å². The molecule has 0 aliphatic rings. The first-order valence-corrected chi connectivity index (χ1v) is 9.38. The molecule has 2 N–H and O–H groups in total. The van der Waals surface area contributed by atoms with Crippen molar-refractivity contribution in [2.75, 3.05) is 0 Å². The minimum absolute atomic E-state index is 0. The summed E-state index contributed by atoms with van der Waals surface area (Å²) in [6, 6.07) is 18.9. The van der Waals surface area contributed by atoms with Gasteiger partial charge in [0.25, 0.3) is 0 Å². The van der Waals surface area contributed by atoms with E-state index in [1.54, 1.807) is 0 Å². The van der Waals surface area contributed by atoms with Crippen LogP contribution in [-0.2, 0) is 12.1 Å². The van der Waals surface area contributed by atoms with E-state index in [0.29, 0.717) is 6.04 Å². The maximum Gasteiger partial charge on any atom is 0.0868 e. The fraction of sp³-hybridized carbons (Fsp3) is 0.348. The van der Waals surface area contributed by atoms with E-state index < -0.39 is 5.60 Å². The SMILES string of the molecule is C[C@H](CCC[C@@](C)(O)c1ccccc1)NCc1ccc2cnccc2c1.Cl. The topological polar surface area (TPSA) is 45.1 Å². The molecule has 3 nitrogen and oxygen atoms in total. The average molecular weight is 385 g/mol. The normalized spacial score (nSPS) is 14.3.